The van der Waals surface area contributed by atoms with Crippen molar-refractivity contribution in [2.75, 3.05) is 7.11 Å². The number of ether oxygens (including phenoxy) is 1. The number of aryl methyl sites for hydroxylation is 1. The van der Waals surface area contributed by atoms with Crippen LogP contribution in [-0.4, -0.2) is 17.8 Å². The van der Waals surface area contributed by atoms with Gasteiger partial charge in [-0.1, -0.05) is 18.9 Å². The first kappa shape index (κ1) is 11.1. The number of benzene rings is 1. The van der Waals surface area contributed by atoms with E-state index in [2.05, 4.69) is 12.1 Å². The summed E-state index contributed by atoms with van der Waals surface area (Å²) in [5.41, 5.74) is 2.20. The monoisotopic (exact) mass is 232 g/mol. The number of hydrogen-bond acceptors (Lipinski definition) is 2. The fraction of sp³-hybridized carbons (Fsp3) is 0.600. The molecule has 0 spiro atoms. The summed E-state index contributed by atoms with van der Waals surface area (Å²) >= 11 is 0. The van der Waals surface area contributed by atoms with Crippen molar-refractivity contribution in [3.05, 3.63) is 29.3 Å². The Labute approximate surface area is 103 Å². The molecule has 2 nitrogen and oxygen atoms in total. The minimum Gasteiger partial charge on any atom is -0.497 e. The van der Waals surface area contributed by atoms with Crippen molar-refractivity contribution in [1.82, 2.24) is 0 Å². The summed E-state index contributed by atoms with van der Waals surface area (Å²) in [7, 11) is 1.70. The minimum absolute atomic E-state index is 0.458. The van der Waals surface area contributed by atoms with Crippen LogP contribution in [0.1, 0.15) is 36.8 Å². The number of methoxy groups -OCH3 is 1. The van der Waals surface area contributed by atoms with Crippen LogP contribution in [0.4, 0.5) is 0 Å². The summed E-state index contributed by atoms with van der Waals surface area (Å²) < 4.78 is 5.26. The molecule has 1 fully saturated rings. The van der Waals surface area contributed by atoms with Crippen molar-refractivity contribution in [2.45, 2.75) is 44.1 Å². The molecule has 0 saturated heterocycles. The SMILES string of the molecule is COc1ccc2c(c1)CC(O)(CC1CC1)CC2. The van der Waals surface area contributed by atoms with Gasteiger partial charge >= 0.3 is 0 Å². The maximum atomic E-state index is 10.7. The highest BCUT2D eigenvalue weighted by molar-refractivity contribution is 5.38. The summed E-state index contributed by atoms with van der Waals surface area (Å²) in [6, 6.07) is 6.25. The molecule has 0 bridgehead atoms. The first-order chi connectivity index (χ1) is 8.18. The van der Waals surface area contributed by atoms with Crippen LogP contribution >= 0.6 is 0 Å². The van der Waals surface area contributed by atoms with Crippen LogP contribution in [0.15, 0.2) is 18.2 Å². The van der Waals surface area contributed by atoms with Gasteiger partial charge in [0.2, 0.25) is 0 Å². The molecule has 2 heteroatoms. The van der Waals surface area contributed by atoms with Crippen LogP contribution in [-0.2, 0) is 12.8 Å². The Hall–Kier alpha value is -1.02. The highest BCUT2D eigenvalue weighted by Crippen LogP contribution is 2.42. The van der Waals surface area contributed by atoms with Crippen molar-refractivity contribution < 1.29 is 9.84 Å². The summed E-state index contributed by atoms with van der Waals surface area (Å²) in [4.78, 5) is 0. The number of hydrogen-bond donors (Lipinski definition) is 1. The van der Waals surface area contributed by atoms with E-state index < -0.39 is 5.60 Å². The Morgan fingerprint density at radius 3 is 2.88 bits per heavy atom. The molecule has 1 atom stereocenters. The van der Waals surface area contributed by atoms with Gasteiger partial charge in [0, 0.05) is 6.42 Å². The molecule has 0 aromatic heterocycles. The fourth-order valence-electron chi connectivity index (χ4n) is 2.98. The van der Waals surface area contributed by atoms with Gasteiger partial charge in [0.1, 0.15) is 5.75 Å². The molecule has 2 aliphatic carbocycles. The van der Waals surface area contributed by atoms with E-state index in [-0.39, 0.29) is 0 Å². The van der Waals surface area contributed by atoms with Crippen molar-refractivity contribution in [2.24, 2.45) is 5.92 Å². The van der Waals surface area contributed by atoms with Crippen molar-refractivity contribution in [3.63, 3.8) is 0 Å². The lowest BCUT2D eigenvalue weighted by atomic mass is 9.77. The average molecular weight is 232 g/mol. The van der Waals surface area contributed by atoms with Crippen molar-refractivity contribution in [1.29, 1.82) is 0 Å². The molecule has 0 heterocycles. The Kier molecular flexibility index (Phi) is 2.62. The quantitative estimate of drug-likeness (QED) is 0.868. The largest absolute Gasteiger partial charge is 0.497 e. The number of fused-ring (bicyclic) bond motifs is 1. The number of rotatable bonds is 3. The van der Waals surface area contributed by atoms with Crippen LogP contribution in [0, 0.1) is 5.92 Å². The van der Waals surface area contributed by atoms with E-state index in [1.807, 2.05) is 6.07 Å². The van der Waals surface area contributed by atoms with Gasteiger partial charge in [-0.2, -0.15) is 0 Å². The zero-order valence-corrected chi connectivity index (χ0v) is 10.4. The van der Waals surface area contributed by atoms with Gasteiger partial charge in [0.25, 0.3) is 0 Å². The molecular formula is C15H20O2. The van der Waals surface area contributed by atoms with Gasteiger partial charge in [0.05, 0.1) is 12.7 Å². The second-order valence-corrected chi connectivity index (χ2v) is 5.68. The number of aliphatic hydroxyl groups is 1. The predicted octanol–water partition coefficient (Wildman–Crippen LogP) is 2.72. The van der Waals surface area contributed by atoms with Gasteiger partial charge < -0.3 is 9.84 Å². The second kappa shape index (κ2) is 4.02. The minimum atomic E-state index is -0.458. The molecule has 1 saturated carbocycles. The van der Waals surface area contributed by atoms with E-state index in [0.717, 1.165) is 37.4 Å². The summed E-state index contributed by atoms with van der Waals surface area (Å²) in [6.45, 7) is 0. The summed E-state index contributed by atoms with van der Waals surface area (Å²) in [5.74, 6) is 1.69. The molecule has 0 amide bonds. The van der Waals surface area contributed by atoms with Crippen LogP contribution in [0.5, 0.6) is 5.75 Å². The van der Waals surface area contributed by atoms with E-state index in [0.29, 0.717) is 0 Å². The van der Waals surface area contributed by atoms with E-state index in [1.54, 1.807) is 7.11 Å². The predicted molar refractivity (Wildman–Crippen MR) is 67.3 cm³/mol. The summed E-state index contributed by atoms with van der Waals surface area (Å²) in [6.07, 6.45) is 6.34. The highest BCUT2D eigenvalue weighted by Gasteiger charge is 2.37. The second-order valence-electron chi connectivity index (χ2n) is 5.68. The van der Waals surface area contributed by atoms with E-state index >= 15 is 0 Å². The highest BCUT2D eigenvalue weighted by atomic mass is 16.5. The molecule has 1 aromatic carbocycles. The third-order valence-electron chi connectivity index (χ3n) is 4.16. The molecule has 0 radical (unpaired) electrons. The smallest absolute Gasteiger partial charge is 0.119 e. The third kappa shape index (κ3) is 2.32. The topological polar surface area (TPSA) is 29.5 Å². The molecule has 17 heavy (non-hydrogen) atoms. The third-order valence-corrected chi connectivity index (χ3v) is 4.16. The molecule has 2 aliphatic rings. The van der Waals surface area contributed by atoms with Crippen LogP contribution in [0.25, 0.3) is 0 Å². The van der Waals surface area contributed by atoms with Gasteiger partial charge in [-0.3, -0.25) is 0 Å². The van der Waals surface area contributed by atoms with E-state index in [1.165, 1.54) is 24.0 Å². The standard InChI is InChI=1S/C15H20O2/c1-17-14-5-4-12-6-7-15(16,9-11-2-3-11)10-13(12)8-14/h4-5,8,11,16H,2-3,6-7,9-10H2,1H3. The summed E-state index contributed by atoms with van der Waals surface area (Å²) in [5, 5.41) is 10.7. The molecule has 1 unspecified atom stereocenters. The molecular weight excluding hydrogens is 212 g/mol. The van der Waals surface area contributed by atoms with Crippen molar-refractivity contribution >= 4 is 0 Å². The Balaban J connectivity index is 1.82. The Morgan fingerprint density at radius 1 is 1.35 bits per heavy atom. The Bertz CT molecular complexity index is 423. The first-order valence-electron chi connectivity index (χ1n) is 6.57. The fourth-order valence-corrected chi connectivity index (χ4v) is 2.98. The maximum absolute atomic E-state index is 10.7. The average Bonchev–Trinajstić information content (AvgIpc) is 3.11. The van der Waals surface area contributed by atoms with Gasteiger partial charge in [-0.05, 0) is 48.4 Å². The van der Waals surface area contributed by atoms with Crippen LogP contribution in [0.3, 0.4) is 0 Å². The van der Waals surface area contributed by atoms with Crippen LogP contribution < -0.4 is 4.74 Å². The lowest BCUT2D eigenvalue weighted by Crippen LogP contribution is -2.36. The molecule has 1 aromatic rings. The molecule has 3 rings (SSSR count). The molecule has 92 valence electrons. The zero-order valence-electron chi connectivity index (χ0n) is 10.4. The van der Waals surface area contributed by atoms with Crippen LogP contribution in [0.2, 0.25) is 0 Å². The van der Waals surface area contributed by atoms with Gasteiger partial charge in [0.15, 0.2) is 0 Å². The molecule has 0 aliphatic heterocycles. The molecule has 1 N–H and O–H groups in total. The zero-order chi connectivity index (χ0) is 11.9. The normalized spacial score (nSPS) is 27.6. The van der Waals surface area contributed by atoms with E-state index in [9.17, 15) is 5.11 Å². The maximum Gasteiger partial charge on any atom is 0.119 e. The lowest BCUT2D eigenvalue weighted by molar-refractivity contribution is 0.0126. The van der Waals surface area contributed by atoms with Gasteiger partial charge in [-0.25, -0.2) is 0 Å². The van der Waals surface area contributed by atoms with Crippen molar-refractivity contribution in [3.8, 4) is 5.75 Å². The van der Waals surface area contributed by atoms with E-state index in [4.69, 9.17) is 4.74 Å². The van der Waals surface area contributed by atoms with Gasteiger partial charge in [-0.15, -0.1) is 0 Å². The first-order valence-corrected chi connectivity index (χ1v) is 6.57. The lowest BCUT2D eigenvalue weighted by Gasteiger charge is -2.34. The Morgan fingerprint density at radius 2 is 2.18 bits per heavy atom.